The van der Waals surface area contributed by atoms with E-state index in [2.05, 4.69) is 10.3 Å². The number of hydrogen-bond acceptors (Lipinski definition) is 3. The average Bonchev–Trinajstić information content (AvgIpc) is 3.08. The van der Waals surface area contributed by atoms with Crippen LogP contribution in [0.2, 0.25) is 0 Å². The third-order valence-corrected chi connectivity index (χ3v) is 3.45. The van der Waals surface area contributed by atoms with Crippen LogP contribution in [-0.4, -0.2) is 29.1 Å². The summed E-state index contributed by atoms with van der Waals surface area (Å²) in [5.41, 5.74) is 1.52. The van der Waals surface area contributed by atoms with Gasteiger partial charge in [-0.3, -0.25) is 9.78 Å². The maximum absolute atomic E-state index is 11.9. The van der Waals surface area contributed by atoms with Crippen molar-refractivity contribution in [3.8, 4) is 0 Å². The van der Waals surface area contributed by atoms with E-state index in [4.69, 9.17) is 5.11 Å². The fourth-order valence-electron chi connectivity index (χ4n) is 2.00. The Balaban J connectivity index is 1.92. The second kappa shape index (κ2) is 4.84. The van der Waals surface area contributed by atoms with E-state index in [1.54, 1.807) is 6.20 Å². The van der Waals surface area contributed by atoms with E-state index in [1.165, 1.54) is 0 Å². The molecule has 0 radical (unpaired) electrons. The van der Waals surface area contributed by atoms with E-state index < -0.39 is 0 Å². The number of aryl methyl sites for hydroxylation is 1. The van der Waals surface area contributed by atoms with Crippen molar-refractivity contribution in [2.45, 2.75) is 26.2 Å². The first-order valence-electron chi connectivity index (χ1n) is 5.98. The molecule has 1 saturated carbocycles. The van der Waals surface area contributed by atoms with Crippen molar-refractivity contribution >= 4 is 5.91 Å². The van der Waals surface area contributed by atoms with E-state index in [1.807, 2.05) is 19.1 Å². The molecule has 4 nitrogen and oxygen atoms in total. The first kappa shape index (κ1) is 12.0. The number of aliphatic hydroxyl groups excluding tert-OH is 1. The molecule has 0 atom stereocenters. The molecule has 0 spiro atoms. The summed E-state index contributed by atoms with van der Waals surface area (Å²) in [4.78, 5) is 16.0. The number of pyridine rings is 1. The predicted molar refractivity (Wildman–Crippen MR) is 64.7 cm³/mol. The Morgan fingerprint density at radius 1 is 1.59 bits per heavy atom. The highest BCUT2D eigenvalue weighted by atomic mass is 16.3. The lowest BCUT2D eigenvalue weighted by molar-refractivity contribution is 0.0935. The summed E-state index contributed by atoms with van der Waals surface area (Å²) in [6.45, 7) is 2.71. The van der Waals surface area contributed by atoms with Crippen molar-refractivity contribution in [2.75, 3.05) is 13.2 Å². The summed E-state index contributed by atoms with van der Waals surface area (Å²) in [6, 6.07) is 3.70. The first-order valence-corrected chi connectivity index (χ1v) is 5.98. The van der Waals surface area contributed by atoms with Crippen molar-refractivity contribution in [1.29, 1.82) is 0 Å². The molecule has 17 heavy (non-hydrogen) atoms. The number of hydrogen-bond donors (Lipinski definition) is 2. The fourth-order valence-corrected chi connectivity index (χ4v) is 2.00. The van der Waals surface area contributed by atoms with Crippen LogP contribution >= 0.6 is 0 Å². The molecule has 0 bridgehead atoms. The van der Waals surface area contributed by atoms with E-state index in [0.717, 1.165) is 24.8 Å². The highest BCUT2D eigenvalue weighted by Crippen LogP contribution is 2.47. The average molecular weight is 234 g/mol. The van der Waals surface area contributed by atoms with Crippen molar-refractivity contribution < 1.29 is 9.90 Å². The number of carbonyl (C=O) groups is 1. The zero-order chi connectivity index (χ0) is 12.3. The SMILES string of the molecule is Cc1cccnc1C(=O)NCC1(CCO)CC1. The number of amides is 1. The Morgan fingerprint density at radius 3 is 2.94 bits per heavy atom. The highest BCUT2D eigenvalue weighted by molar-refractivity contribution is 5.93. The maximum Gasteiger partial charge on any atom is 0.270 e. The Kier molecular flexibility index (Phi) is 3.43. The van der Waals surface area contributed by atoms with Gasteiger partial charge in [0.1, 0.15) is 5.69 Å². The van der Waals surface area contributed by atoms with Crippen molar-refractivity contribution in [3.63, 3.8) is 0 Å². The van der Waals surface area contributed by atoms with Crippen LogP contribution in [0.15, 0.2) is 18.3 Å². The van der Waals surface area contributed by atoms with E-state index >= 15 is 0 Å². The molecule has 0 aromatic carbocycles. The lowest BCUT2D eigenvalue weighted by atomic mass is 10.0. The van der Waals surface area contributed by atoms with Gasteiger partial charge in [-0.25, -0.2) is 0 Å². The van der Waals surface area contributed by atoms with Gasteiger partial charge >= 0.3 is 0 Å². The molecule has 1 aliphatic carbocycles. The standard InChI is InChI=1S/C13H18N2O2/c1-10-3-2-7-14-11(10)12(17)15-9-13(4-5-13)6-8-16/h2-3,7,16H,4-6,8-9H2,1H3,(H,15,17). The third kappa shape index (κ3) is 2.82. The van der Waals surface area contributed by atoms with E-state index in [9.17, 15) is 4.79 Å². The van der Waals surface area contributed by atoms with Crippen molar-refractivity contribution in [3.05, 3.63) is 29.6 Å². The van der Waals surface area contributed by atoms with Gasteiger partial charge in [-0.15, -0.1) is 0 Å². The molecule has 1 aromatic heterocycles. The number of aliphatic hydroxyl groups is 1. The minimum atomic E-state index is -0.118. The van der Waals surface area contributed by atoms with E-state index in [-0.39, 0.29) is 17.9 Å². The molecule has 1 amide bonds. The van der Waals surface area contributed by atoms with Crippen molar-refractivity contribution in [1.82, 2.24) is 10.3 Å². The Bertz CT molecular complexity index is 414. The summed E-state index contributed by atoms with van der Waals surface area (Å²) in [5, 5.41) is 11.9. The number of carbonyl (C=O) groups excluding carboxylic acids is 1. The van der Waals surface area contributed by atoms with Gasteiger partial charge in [0.15, 0.2) is 0 Å². The van der Waals surface area contributed by atoms with Gasteiger partial charge in [0.25, 0.3) is 5.91 Å². The molecule has 2 rings (SSSR count). The van der Waals surface area contributed by atoms with Crippen LogP contribution in [0.4, 0.5) is 0 Å². The maximum atomic E-state index is 11.9. The smallest absolute Gasteiger partial charge is 0.270 e. The molecule has 92 valence electrons. The molecular weight excluding hydrogens is 216 g/mol. The van der Waals surface area contributed by atoms with Crippen LogP contribution in [0.3, 0.4) is 0 Å². The summed E-state index contributed by atoms with van der Waals surface area (Å²) >= 11 is 0. The monoisotopic (exact) mass is 234 g/mol. The molecule has 0 saturated heterocycles. The van der Waals surface area contributed by atoms with Gasteiger partial charge in [0.05, 0.1) is 0 Å². The lowest BCUT2D eigenvalue weighted by Gasteiger charge is -2.14. The fraction of sp³-hybridized carbons (Fsp3) is 0.538. The van der Waals surface area contributed by atoms with Crippen LogP contribution in [0.25, 0.3) is 0 Å². The van der Waals surface area contributed by atoms with Gasteiger partial charge in [-0.1, -0.05) is 6.07 Å². The summed E-state index contributed by atoms with van der Waals surface area (Å²) in [6.07, 6.45) is 4.58. The Morgan fingerprint density at radius 2 is 2.35 bits per heavy atom. The van der Waals surface area contributed by atoms with Crippen LogP contribution in [-0.2, 0) is 0 Å². The zero-order valence-corrected chi connectivity index (χ0v) is 10.1. The molecule has 1 heterocycles. The molecular formula is C13H18N2O2. The number of nitrogens with one attached hydrogen (secondary N) is 1. The van der Waals surface area contributed by atoms with E-state index in [0.29, 0.717) is 12.2 Å². The Hall–Kier alpha value is -1.42. The molecule has 2 N–H and O–H groups in total. The quantitative estimate of drug-likeness (QED) is 0.806. The second-order valence-corrected chi connectivity index (χ2v) is 4.83. The molecule has 4 heteroatoms. The molecule has 0 unspecified atom stereocenters. The summed E-state index contributed by atoms with van der Waals surface area (Å²) in [7, 11) is 0. The third-order valence-electron chi connectivity index (χ3n) is 3.45. The zero-order valence-electron chi connectivity index (χ0n) is 10.1. The number of aromatic nitrogens is 1. The first-order chi connectivity index (χ1) is 8.17. The predicted octanol–water partition coefficient (Wildman–Crippen LogP) is 1.28. The number of rotatable bonds is 5. The van der Waals surface area contributed by atoms with Gasteiger partial charge in [-0.05, 0) is 43.2 Å². The lowest BCUT2D eigenvalue weighted by Crippen LogP contribution is -2.31. The van der Waals surface area contributed by atoms with Crippen molar-refractivity contribution in [2.24, 2.45) is 5.41 Å². The summed E-state index contributed by atoms with van der Waals surface area (Å²) in [5.74, 6) is -0.118. The Labute approximate surface area is 101 Å². The molecule has 1 fully saturated rings. The molecule has 1 aliphatic rings. The van der Waals surface area contributed by atoms with Gasteiger partial charge < -0.3 is 10.4 Å². The minimum Gasteiger partial charge on any atom is -0.396 e. The number of nitrogens with zero attached hydrogens (tertiary/aromatic N) is 1. The highest BCUT2D eigenvalue weighted by Gasteiger charge is 2.41. The van der Waals surface area contributed by atoms with Gasteiger partial charge in [0, 0.05) is 19.3 Å². The summed E-state index contributed by atoms with van der Waals surface area (Å²) < 4.78 is 0. The normalized spacial score (nSPS) is 16.6. The molecule has 0 aliphatic heterocycles. The molecule has 1 aromatic rings. The second-order valence-electron chi connectivity index (χ2n) is 4.83. The van der Waals surface area contributed by atoms with Gasteiger partial charge in [-0.2, -0.15) is 0 Å². The van der Waals surface area contributed by atoms with Crippen LogP contribution in [0, 0.1) is 12.3 Å². The largest absolute Gasteiger partial charge is 0.396 e. The minimum absolute atomic E-state index is 0.118. The topological polar surface area (TPSA) is 62.2 Å². The van der Waals surface area contributed by atoms with Gasteiger partial charge in [0.2, 0.25) is 0 Å². The van der Waals surface area contributed by atoms with Crippen LogP contribution in [0.5, 0.6) is 0 Å². The van der Waals surface area contributed by atoms with Crippen LogP contribution < -0.4 is 5.32 Å². The van der Waals surface area contributed by atoms with Crippen LogP contribution in [0.1, 0.15) is 35.3 Å².